The summed E-state index contributed by atoms with van der Waals surface area (Å²) >= 11 is 0. The zero-order chi connectivity index (χ0) is 14.3. The lowest BCUT2D eigenvalue weighted by Crippen LogP contribution is -2.06. The van der Waals surface area contributed by atoms with Crippen molar-refractivity contribution < 1.29 is 28.4 Å². The lowest BCUT2D eigenvalue weighted by Gasteiger charge is -2.18. The molecule has 0 heterocycles. The lowest BCUT2D eigenvalue weighted by atomic mass is 10.1. The van der Waals surface area contributed by atoms with Crippen LogP contribution in [0.25, 0.3) is 0 Å². The van der Waals surface area contributed by atoms with Crippen molar-refractivity contribution >= 4 is 0 Å². The predicted molar refractivity (Wildman–Crippen MR) is 69.3 cm³/mol. The molecule has 108 valence electrons. The topological polar surface area (TPSA) is 55.4 Å². The fourth-order valence-electron chi connectivity index (χ4n) is 1.63. The molecule has 0 bridgehead atoms. The molecule has 0 unspecified atom stereocenters. The number of methoxy groups -OCH3 is 4. The predicted octanol–water partition coefficient (Wildman–Crippen LogP) is 1.98. The smallest absolute Gasteiger partial charge is 0.207 e. The van der Waals surface area contributed by atoms with Crippen LogP contribution in [0.15, 0.2) is 6.07 Å². The maximum atomic E-state index is 5.50. The van der Waals surface area contributed by atoms with Gasteiger partial charge in [0.05, 0.1) is 14.2 Å². The number of hydrogen-bond donors (Lipinski definition) is 0. The van der Waals surface area contributed by atoms with E-state index in [1.807, 2.05) is 6.92 Å². The Morgan fingerprint density at radius 1 is 0.789 bits per heavy atom. The minimum absolute atomic E-state index is 0.122. The highest BCUT2D eigenvalue weighted by Gasteiger charge is 2.20. The highest BCUT2D eigenvalue weighted by molar-refractivity contribution is 5.62. The van der Waals surface area contributed by atoms with Gasteiger partial charge in [0.15, 0.2) is 25.1 Å². The lowest BCUT2D eigenvalue weighted by molar-refractivity contribution is 0.0444. The average molecular weight is 272 g/mol. The number of rotatable bonds is 8. The molecule has 0 aromatic heterocycles. The Bertz CT molecular complexity index is 405. The molecule has 0 radical (unpaired) electrons. The number of hydrogen-bond acceptors (Lipinski definition) is 6. The van der Waals surface area contributed by atoms with Gasteiger partial charge in [-0.25, -0.2) is 0 Å². The summed E-state index contributed by atoms with van der Waals surface area (Å²) in [6, 6.07) is 1.80. The molecule has 0 aliphatic rings. The van der Waals surface area contributed by atoms with E-state index in [1.165, 1.54) is 14.2 Å². The van der Waals surface area contributed by atoms with Crippen LogP contribution in [0, 0.1) is 6.92 Å². The van der Waals surface area contributed by atoms with Crippen molar-refractivity contribution in [3.63, 3.8) is 0 Å². The Labute approximate surface area is 113 Å². The molecule has 6 nitrogen and oxygen atoms in total. The zero-order valence-electron chi connectivity index (χ0n) is 11.9. The maximum absolute atomic E-state index is 5.50. The monoisotopic (exact) mass is 272 g/mol. The molecule has 0 aliphatic heterocycles. The second-order valence-corrected chi connectivity index (χ2v) is 3.69. The Kier molecular flexibility index (Phi) is 6.24. The summed E-state index contributed by atoms with van der Waals surface area (Å²) in [7, 11) is 6.17. The van der Waals surface area contributed by atoms with Crippen LogP contribution in [0.5, 0.6) is 23.0 Å². The van der Waals surface area contributed by atoms with Crippen molar-refractivity contribution in [3.8, 4) is 23.0 Å². The first-order chi connectivity index (χ1) is 9.19. The fraction of sp³-hybridized carbons (Fsp3) is 0.538. The summed E-state index contributed by atoms with van der Waals surface area (Å²) in [5.74, 6) is 2.01. The quantitative estimate of drug-likeness (QED) is 0.674. The first-order valence-electron chi connectivity index (χ1n) is 5.68. The highest BCUT2D eigenvalue weighted by atomic mass is 16.7. The SMILES string of the molecule is COCOc1cc(C)c(OCOC)c(OC)c1OC. The molecule has 0 N–H and O–H groups in total. The summed E-state index contributed by atoms with van der Waals surface area (Å²) in [5.41, 5.74) is 0.848. The van der Waals surface area contributed by atoms with E-state index in [0.717, 1.165) is 5.56 Å². The van der Waals surface area contributed by atoms with E-state index >= 15 is 0 Å². The molecule has 1 aromatic rings. The van der Waals surface area contributed by atoms with Crippen molar-refractivity contribution in [3.05, 3.63) is 11.6 Å². The van der Waals surface area contributed by atoms with Crippen LogP contribution in [-0.2, 0) is 9.47 Å². The second-order valence-electron chi connectivity index (χ2n) is 3.69. The van der Waals surface area contributed by atoms with Crippen molar-refractivity contribution in [2.24, 2.45) is 0 Å². The van der Waals surface area contributed by atoms with Gasteiger partial charge in [-0.15, -0.1) is 0 Å². The number of benzene rings is 1. The third-order valence-electron chi connectivity index (χ3n) is 2.40. The van der Waals surface area contributed by atoms with Gasteiger partial charge in [-0.2, -0.15) is 0 Å². The van der Waals surface area contributed by atoms with Gasteiger partial charge >= 0.3 is 0 Å². The van der Waals surface area contributed by atoms with E-state index < -0.39 is 0 Å². The minimum Gasteiger partial charge on any atom is -0.490 e. The second kappa shape index (κ2) is 7.70. The molecule has 1 rings (SSSR count). The fourth-order valence-corrected chi connectivity index (χ4v) is 1.63. The van der Waals surface area contributed by atoms with Crippen molar-refractivity contribution in [1.82, 2.24) is 0 Å². The van der Waals surface area contributed by atoms with Gasteiger partial charge in [-0.3, -0.25) is 0 Å². The van der Waals surface area contributed by atoms with Crippen LogP contribution in [0.4, 0.5) is 0 Å². The van der Waals surface area contributed by atoms with Gasteiger partial charge in [0.25, 0.3) is 0 Å². The first kappa shape index (κ1) is 15.4. The molecule has 0 atom stereocenters. The molecule has 19 heavy (non-hydrogen) atoms. The van der Waals surface area contributed by atoms with Crippen LogP contribution in [-0.4, -0.2) is 42.0 Å². The molecule has 0 aliphatic carbocycles. The average Bonchev–Trinajstić information content (AvgIpc) is 2.42. The van der Waals surface area contributed by atoms with E-state index in [4.69, 9.17) is 28.4 Å². The summed E-state index contributed by atoms with van der Waals surface area (Å²) in [4.78, 5) is 0. The van der Waals surface area contributed by atoms with Gasteiger partial charge in [-0.1, -0.05) is 0 Å². The van der Waals surface area contributed by atoms with Crippen molar-refractivity contribution in [2.75, 3.05) is 42.0 Å². The molecular formula is C13H20O6. The van der Waals surface area contributed by atoms with Gasteiger partial charge in [-0.05, 0) is 18.6 Å². The van der Waals surface area contributed by atoms with Crippen molar-refractivity contribution in [1.29, 1.82) is 0 Å². The highest BCUT2D eigenvalue weighted by Crippen LogP contribution is 2.46. The Hall–Kier alpha value is -1.66. The Morgan fingerprint density at radius 3 is 1.89 bits per heavy atom. The molecular weight excluding hydrogens is 252 g/mol. The van der Waals surface area contributed by atoms with Gasteiger partial charge in [0.2, 0.25) is 11.5 Å². The standard InChI is InChI=1S/C13H20O6/c1-9-6-10(18-7-14-2)12(16-4)13(17-5)11(9)19-8-15-3/h6H,7-8H2,1-5H3. The third-order valence-corrected chi connectivity index (χ3v) is 2.40. The molecule has 6 heteroatoms. The van der Waals surface area contributed by atoms with Crippen LogP contribution in [0.2, 0.25) is 0 Å². The zero-order valence-corrected chi connectivity index (χ0v) is 11.9. The molecule has 0 saturated heterocycles. The van der Waals surface area contributed by atoms with Crippen LogP contribution in [0.3, 0.4) is 0 Å². The summed E-state index contributed by atoms with van der Waals surface area (Å²) in [5, 5.41) is 0. The van der Waals surface area contributed by atoms with Crippen LogP contribution >= 0.6 is 0 Å². The summed E-state index contributed by atoms with van der Waals surface area (Å²) in [6.45, 7) is 2.13. The maximum Gasteiger partial charge on any atom is 0.207 e. The van der Waals surface area contributed by atoms with E-state index in [1.54, 1.807) is 20.3 Å². The minimum atomic E-state index is 0.122. The van der Waals surface area contributed by atoms with Gasteiger partial charge in [0, 0.05) is 14.2 Å². The largest absolute Gasteiger partial charge is 0.490 e. The van der Waals surface area contributed by atoms with E-state index in [2.05, 4.69) is 0 Å². The van der Waals surface area contributed by atoms with Gasteiger partial charge < -0.3 is 28.4 Å². The van der Waals surface area contributed by atoms with Crippen LogP contribution < -0.4 is 18.9 Å². The number of ether oxygens (including phenoxy) is 6. The van der Waals surface area contributed by atoms with E-state index in [9.17, 15) is 0 Å². The molecule has 0 fully saturated rings. The molecule has 1 aromatic carbocycles. The third kappa shape index (κ3) is 3.65. The van der Waals surface area contributed by atoms with E-state index in [0.29, 0.717) is 23.0 Å². The molecule has 0 spiro atoms. The molecule has 0 amide bonds. The summed E-state index contributed by atoms with van der Waals surface area (Å²) in [6.07, 6.45) is 0. The number of aryl methyl sites for hydroxylation is 1. The van der Waals surface area contributed by atoms with Gasteiger partial charge in [0.1, 0.15) is 0 Å². The van der Waals surface area contributed by atoms with Crippen LogP contribution in [0.1, 0.15) is 5.56 Å². The normalized spacial score (nSPS) is 10.2. The Balaban J connectivity index is 3.19. The molecule has 0 saturated carbocycles. The van der Waals surface area contributed by atoms with E-state index in [-0.39, 0.29) is 13.6 Å². The summed E-state index contributed by atoms with van der Waals surface area (Å²) < 4.78 is 31.4. The Morgan fingerprint density at radius 2 is 1.37 bits per heavy atom. The first-order valence-corrected chi connectivity index (χ1v) is 5.68. The van der Waals surface area contributed by atoms with Crippen molar-refractivity contribution in [2.45, 2.75) is 6.92 Å².